The zero-order valence-electron chi connectivity index (χ0n) is 11.4. The van der Waals surface area contributed by atoms with Crippen LogP contribution in [-0.4, -0.2) is 17.0 Å². The van der Waals surface area contributed by atoms with E-state index in [1.54, 1.807) is 12.1 Å². The van der Waals surface area contributed by atoms with Crippen LogP contribution in [0.15, 0.2) is 18.2 Å². The second-order valence-electron chi connectivity index (χ2n) is 4.59. The first kappa shape index (κ1) is 13.3. The van der Waals surface area contributed by atoms with E-state index >= 15 is 0 Å². The van der Waals surface area contributed by atoms with E-state index < -0.39 is 0 Å². The van der Waals surface area contributed by atoms with Crippen molar-refractivity contribution in [3.05, 3.63) is 39.4 Å². The summed E-state index contributed by atoms with van der Waals surface area (Å²) in [6, 6.07) is 5.15. The zero-order chi connectivity index (χ0) is 14.0. The van der Waals surface area contributed by atoms with Gasteiger partial charge in [-0.05, 0) is 30.5 Å². The van der Waals surface area contributed by atoms with Gasteiger partial charge in [0, 0.05) is 24.6 Å². The van der Waals surface area contributed by atoms with Gasteiger partial charge < -0.3 is 5.32 Å². The average molecular weight is 259 g/mol. The molecule has 0 saturated heterocycles. The van der Waals surface area contributed by atoms with Crippen LogP contribution in [0.3, 0.4) is 0 Å². The summed E-state index contributed by atoms with van der Waals surface area (Å²) < 4.78 is 0. The topological polar surface area (TPSA) is 68.1 Å². The molecule has 0 amide bonds. The number of aryl methyl sites for hydroxylation is 2. The van der Waals surface area contributed by atoms with Gasteiger partial charge in [0.15, 0.2) is 0 Å². The largest absolute Gasteiger partial charge is 0.373 e. The third kappa shape index (κ3) is 2.50. The van der Waals surface area contributed by atoms with Gasteiger partial charge >= 0.3 is 0 Å². The Labute approximate surface area is 111 Å². The minimum absolute atomic E-state index is 0.117. The molecule has 1 heterocycles. The maximum atomic E-state index is 10.9. The van der Waals surface area contributed by atoms with Crippen LogP contribution < -0.4 is 5.32 Å². The molecule has 0 aliphatic heterocycles. The summed E-state index contributed by atoms with van der Waals surface area (Å²) in [4.78, 5) is 15.1. The number of nitrogens with one attached hydrogen (secondary N) is 1. The second-order valence-corrected chi connectivity index (χ2v) is 4.59. The molecule has 0 radical (unpaired) electrons. The molecule has 2 aromatic rings. The molecule has 1 N–H and O–H groups in total. The molecule has 5 heteroatoms. The van der Waals surface area contributed by atoms with Crippen LogP contribution in [-0.2, 0) is 6.42 Å². The predicted molar refractivity (Wildman–Crippen MR) is 76.7 cm³/mol. The number of hydrogen-bond donors (Lipinski definition) is 1. The molecule has 0 aliphatic carbocycles. The Morgan fingerprint density at radius 3 is 2.68 bits per heavy atom. The van der Waals surface area contributed by atoms with Crippen molar-refractivity contribution in [1.29, 1.82) is 0 Å². The van der Waals surface area contributed by atoms with Crippen LogP contribution in [0.4, 0.5) is 11.5 Å². The number of pyridine rings is 1. The number of fused-ring (bicyclic) bond motifs is 1. The molecule has 0 unspecified atom stereocenters. The normalized spacial score (nSPS) is 10.7. The molecule has 5 nitrogen and oxygen atoms in total. The summed E-state index contributed by atoms with van der Waals surface area (Å²) in [5.74, 6) is 0.853. The number of anilines is 1. The van der Waals surface area contributed by atoms with Gasteiger partial charge in [-0.1, -0.05) is 13.3 Å². The molecule has 100 valence electrons. The van der Waals surface area contributed by atoms with Crippen LogP contribution in [0.2, 0.25) is 0 Å². The van der Waals surface area contributed by atoms with Gasteiger partial charge in [-0.15, -0.1) is 0 Å². The average Bonchev–Trinajstić information content (AvgIpc) is 2.38. The number of hydrogen-bond acceptors (Lipinski definition) is 4. The first-order valence-corrected chi connectivity index (χ1v) is 6.33. The van der Waals surface area contributed by atoms with Crippen LogP contribution in [0.1, 0.15) is 24.5 Å². The first-order valence-electron chi connectivity index (χ1n) is 6.33. The molecule has 0 spiro atoms. The summed E-state index contributed by atoms with van der Waals surface area (Å²) in [5, 5.41) is 14.8. The molecular formula is C14H17N3O2. The van der Waals surface area contributed by atoms with Gasteiger partial charge in [-0.2, -0.15) is 0 Å². The minimum atomic E-state index is -0.363. The van der Waals surface area contributed by atoms with E-state index in [-0.39, 0.29) is 10.6 Å². The lowest BCUT2D eigenvalue weighted by atomic mass is 10.0. The SMILES string of the molecule is CCCc1cc2cc([N+](=O)[O-])cc(C)c2nc1NC. The van der Waals surface area contributed by atoms with E-state index in [1.165, 1.54) is 0 Å². The Morgan fingerprint density at radius 1 is 1.37 bits per heavy atom. The fourth-order valence-corrected chi connectivity index (χ4v) is 2.27. The lowest BCUT2D eigenvalue weighted by molar-refractivity contribution is -0.384. The van der Waals surface area contributed by atoms with Gasteiger partial charge in [-0.3, -0.25) is 10.1 Å². The summed E-state index contributed by atoms with van der Waals surface area (Å²) in [6.07, 6.45) is 1.91. The maximum Gasteiger partial charge on any atom is 0.270 e. The Kier molecular flexibility index (Phi) is 3.64. The van der Waals surface area contributed by atoms with E-state index in [0.717, 1.165) is 40.7 Å². The number of nitro benzene ring substituents is 1. The molecular weight excluding hydrogens is 242 g/mol. The number of rotatable bonds is 4. The summed E-state index contributed by atoms with van der Waals surface area (Å²) in [5.41, 5.74) is 2.85. The number of non-ortho nitro benzene ring substituents is 1. The van der Waals surface area contributed by atoms with Crippen molar-refractivity contribution >= 4 is 22.4 Å². The van der Waals surface area contributed by atoms with Crippen LogP contribution in [0, 0.1) is 17.0 Å². The highest BCUT2D eigenvalue weighted by Crippen LogP contribution is 2.27. The molecule has 0 bridgehead atoms. The van der Waals surface area contributed by atoms with Gasteiger partial charge in [0.2, 0.25) is 0 Å². The van der Waals surface area contributed by atoms with E-state index in [9.17, 15) is 10.1 Å². The molecule has 1 aromatic carbocycles. The summed E-state index contributed by atoms with van der Waals surface area (Å²) >= 11 is 0. The smallest absolute Gasteiger partial charge is 0.270 e. The fraction of sp³-hybridized carbons (Fsp3) is 0.357. The highest BCUT2D eigenvalue weighted by Gasteiger charge is 2.12. The first-order chi connectivity index (χ1) is 9.06. The van der Waals surface area contributed by atoms with Crippen molar-refractivity contribution in [2.24, 2.45) is 0 Å². The van der Waals surface area contributed by atoms with Crippen molar-refractivity contribution in [3.63, 3.8) is 0 Å². The zero-order valence-corrected chi connectivity index (χ0v) is 11.4. The molecule has 0 atom stereocenters. The lowest BCUT2D eigenvalue weighted by Gasteiger charge is -2.10. The quantitative estimate of drug-likeness (QED) is 0.674. The van der Waals surface area contributed by atoms with Gasteiger partial charge in [0.1, 0.15) is 5.82 Å². The third-order valence-corrected chi connectivity index (χ3v) is 3.14. The van der Waals surface area contributed by atoms with Crippen LogP contribution in [0.25, 0.3) is 10.9 Å². The fourth-order valence-electron chi connectivity index (χ4n) is 2.27. The second kappa shape index (κ2) is 5.22. The minimum Gasteiger partial charge on any atom is -0.373 e. The van der Waals surface area contributed by atoms with E-state index in [4.69, 9.17) is 0 Å². The van der Waals surface area contributed by atoms with E-state index in [1.807, 2.05) is 20.0 Å². The lowest BCUT2D eigenvalue weighted by Crippen LogP contribution is -2.00. The maximum absolute atomic E-state index is 10.9. The van der Waals surface area contributed by atoms with Crippen molar-refractivity contribution in [2.75, 3.05) is 12.4 Å². The molecule has 1 aromatic heterocycles. The third-order valence-electron chi connectivity index (χ3n) is 3.14. The monoisotopic (exact) mass is 259 g/mol. The van der Waals surface area contributed by atoms with Crippen molar-refractivity contribution < 1.29 is 4.92 Å². The van der Waals surface area contributed by atoms with Crippen molar-refractivity contribution in [3.8, 4) is 0 Å². The van der Waals surface area contributed by atoms with Gasteiger partial charge in [0.25, 0.3) is 5.69 Å². The highest BCUT2D eigenvalue weighted by atomic mass is 16.6. The van der Waals surface area contributed by atoms with Crippen molar-refractivity contribution in [1.82, 2.24) is 4.98 Å². The summed E-state index contributed by atoms with van der Waals surface area (Å²) in [7, 11) is 1.84. The van der Waals surface area contributed by atoms with Gasteiger partial charge in [0.05, 0.1) is 10.4 Å². The Balaban J connectivity index is 2.70. The standard InChI is InChI=1S/C14H17N3O2/c1-4-5-10-7-11-8-12(17(18)19)6-9(2)13(11)16-14(10)15-3/h6-8H,4-5H2,1-3H3,(H,15,16). The van der Waals surface area contributed by atoms with E-state index in [0.29, 0.717) is 0 Å². The molecule has 19 heavy (non-hydrogen) atoms. The van der Waals surface area contributed by atoms with Crippen molar-refractivity contribution in [2.45, 2.75) is 26.7 Å². The molecule has 2 rings (SSSR count). The van der Waals surface area contributed by atoms with E-state index in [2.05, 4.69) is 17.2 Å². The predicted octanol–water partition coefficient (Wildman–Crippen LogP) is 3.45. The summed E-state index contributed by atoms with van der Waals surface area (Å²) in [6.45, 7) is 3.95. The highest BCUT2D eigenvalue weighted by molar-refractivity contribution is 5.86. The number of aromatic nitrogens is 1. The molecule has 0 aliphatic rings. The number of nitro groups is 1. The molecule has 0 saturated carbocycles. The molecule has 0 fully saturated rings. The Hall–Kier alpha value is -2.17. The Bertz CT molecular complexity index is 638. The number of nitrogens with zero attached hydrogens (tertiary/aromatic N) is 2. The Morgan fingerprint density at radius 2 is 2.11 bits per heavy atom. The van der Waals surface area contributed by atoms with Crippen LogP contribution in [0.5, 0.6) is 0 Å². The van der Waals surface area contributed by atoms with Gasteiger partial charge in [-0.25, -0.2) is 4.98 Å². The van der Waals surface area contributed by atoms with Crippen LogP contribution >= 0.6 is 0 Å². The number of benzene rings is 1.